The van der Waals surface area contributed by atoms with Gasteiger partial charge in [0.2, 0.25) is 0 Å². The van der Waals surface area contributed by atoms with E-state index in [1.807, 2.05) is 0 Å². The van der Waals surface area contributed by atoms with Gasteiger partial charge in [-0.05, 0) is 38.5 Å². The maximum absolute atomic E-state index is 12.3. The van der Waals surface area contributed by atoms with Gasteiger partial charge < -0.3 is 14.2 Å². The minimum absolute atomic E-state index is 0.266. The van der Waals surface area contributed by atoms with Gasteiger partial charge in [-0.15, -0.1) is 0 Å². The van der Waals surface area contributed by atoms with Crippen molar-refractivity contribution in [3.05, 3.63) is 12.2 Å². The van der Waals surface area contributed by atoms with E-state index in [4.69, 9.17) is 49.0 Å². The van der Waals surface area contributed by atoms with E-state index in [1.165, 1.54) is 109 Å². The number of allylic oxidation sites excluding steroid dienone is 2. The van der Waals surface area contributed by atoms with Crippen molar-refractivity contribution in [2.45, 2.75) is 204 Å². The molecule has 0 aromatic rings. The Morgan fingerprint density at radius 2 is 0.812 bits per heavy atom. The van der Waals surface area contributed by atoms with E-state index in [2.05, 4.69) is 26.0 Å². The summed E-state index contributed by atoms with van der Waals surface area (Å²) in [4.78, 5) is 36.7. The van der Waals surface area contributed by atoms with E-state index >= 15 is 0 Å². The Hall–Kier alpha value is -0.980. The van der Waals surface area contributed by atoms with Crippen LogP contribution in [0, 0.1) is 0 Å². The fourth-order valence-corrected chi connectivity index (χ4v) is 5.61. The molecular formula is C39H69Cl3O6. The largest absolute Gasteiger partial charge is 0.462 e. The zero-order chi connectivity index (χ0) is 35.6. The molecule has 0 aliphatic heterocycles. The summed E-state index contributed by atoms with van der Waals surface area (Å²) in [6, 6.07) is 0. The molecule has 0 amide bonds. The lowest BCUT2D eigenvalue weighted by Gasteiger charge is -2.20. The van der Waals surface area contributed by atoms with Gasteiger partial charge in [-0.1, -0.05) is 189 Å². The molecule has 0 rings (SSSR count). The van der Waals surface area contributed by atoms with Gasteiger partial charge in [0.25, 0.3) is 3.79 Å². The first-order valence-electron chi connectivity index (χ1n) is 19.4. The lowest BCUT2D eigenvalue weighted by molar-refractivity contribution is -0.166. The van der Waals surface area contributed by atoms with Gasteiger partial charge >= 0.3 is 17.9 Å². The molecule has 0 bridgehead atoms. The van der Waals surface area contributed by atoms with E-state index in [0.29, 0.717) is 0 Å². The maximum Gasteiger partial charge on any atom is 0.359 e. The van der Waals surface area contributed by atoms with Crippen molar-refractivity contribution in [1.82, 2.24) is 0 Å². The third kappa shape index (κ3) is 33.5. The van der Waals surface area contributed by atoms with E-state index in [1.54, 1.807) is 0 Å². The summed E-state index contributed by atoms with van der Waals surface area (Å²) in [7, 11) is 0. The van der Waals surface area contributed by atoms with Gasteiger partial charge in [-0.2, -0.15) is 0 Å². The van der Waals surface area contributed by atoms with Crippen molar-refractivity contribution < 1.29 is 28.6 Å². The van der Waals surface area contributed by atoms with Crippen molar-refractivity contribution in [3.63, 3.8) is 0 Å². The molecule has 6 nitrogen and oxygen atoms in total. The van der Waals surface area contributed by atoms with Gasteiger partial charge in [0.1, 0.15) is 13.2 Å². The average Bonchev–Trinajstić information content (AvgIpc) is 3.05. The number of halogens is 3. The molecule has 282 valence electrons. The standard InChI is InChI=1S/C39H69Cl3O6/c1-3-5-7-9-11-13-15-17-18-20-22-24-26-28-30-32-37(44)47-34-35(48-38(45)39(40,41)42)33-46-36(43)31-29-27-25-23-21-19-16-14-12-10-8-6-4-2/h17-18,35H,3-16,19-34H2,1-2H3/b18-17-/t35-/m1/s1. The van der Waals surface area contributed by atoms with Crippen LogP contribution < -0.4 is 0 Å². The molecule has 0 N–H and O–H groups in total. The SMILES string of the molecule is CCCCCCCC/C=C\CCCCCCCC(=O)OC[C@@H](COC(=O)CCCCCCCCCCCCCCC)OC(=O)C(Cl)(Cl)Cl. The Balaban J connectivity index is 4.04. The van der Waals surface area contributed by atoms with Crippen LogP contribution in [0.4, 0.5) is 0 Å². The summed E-state index contributed by atoms with van der Waals surface area (Å²) in [6.45, 7) is 3.94. The third-order valence-electron chi connectivity index (χ3n) is 8.49. The quantitative estimate of drug-likeness (QED) is 0.0215. The molecule has 0 aromatic carbocycles. The Bertz CT molecular complexity index is 799. The maximum atomic E-state index is 12.3. The van der Waals surface area contributed by atoms with Crippen molar-refractivity contribution in [2.24, 2.45) is 0 Å². The molecule has 9 heteroatoms. The van der Waals surface area contributed by atoms with Crippen LogP contribution in [0.3, 0.4) is 0 Å². The van der Waals surface area contributed by atoms with Crippen LogP contribution in [0.15, 0.2) is 12.2 Å². The predicted octanol–water partition coefficient (Wildman–Crippen LogP) is 12.9. The van der Waals surface area contributed by atoms with Crippen LogP contribution in [-0.2, 0) is 28.6 Å². The lowest BCUT2D eigenvalue weighted by atomic mass is 10.0. The van der Waals surface area contributed by atoms with Gasteiger partial charge in [0, 0.05) is 12.8 Å². The molecule has 0 aromatic heterocycles. The van der Waals surface area contributed by atoms with Crippen molar-refractivity contribution >= 4 is 52.7 Å². The van der Waals surface area contributed by atoms with E-state index < -0.39 is 27.8 Å². The normalized spacial score (nSPS) is 12.4. The smallest absolute Gasteiger partial charge is 0.359 e. The highest BCUT2D eigenvalue weighted by Crippen LogP contribution is 2.28. The zero-order valence-corrected chi connectivity index (χ0v) is 32.8. The van der Waals surface area contributed by atoms with E-state index in [0.717, 1.165) is 57.8 Å². The number of hydrogen-bond donors (Lipinski definition) is 0. The first-order valence-corrected chi connectivity index (χ1v) is 20.6. The number of unbranched alkanes of at least 4 members (excludes halogenated alkanes) is 23. The third-order valence-corrected chi connectivity index (χ3v) is 8.96. The molecule has 0 spiro atoms. The Morgan fingerprint density at radius 1 is 0.500 bits per heavy atom. The monoisotopic (exact) mass is 738 g/mol. The van der Waals surface area contributed by atoms with Gasteiger partial charge in [0.05, 0.1) is 0 Å². The highest BCUT2D eigenvalue weighted by atomic mass is 35.6. The second-order valence-electron chi connectivity index (χ2n) is 13.2. The summed E-state index contributed by atoms with van der Waals surface area (Å²) in [5, 5.41) is 0. The minimum atomic E-state index is -2.29. The lowest BCUT2D eigenvalue weighted by Crippen LogP contribution is -2.35. The predicted molar refractivity (Wildman–Crippen MR) is 202 cm³/mol. The van der Waals surface area contributed by atoms with Crippen LogP contribution in [0.5, 0.6) is 0 Å². The number of carbonyl (C=O) groups excluding carboxylic acids is 3. The van der Waals surface area contributed by atoms with Crippen LogP contribution in [0.1, 0.15) is 194 Å². The first kappa shape index (κ1) is 47.0. The van der Waals surface area contributed by atoms with Gasteiger partial charge in [-0.3, -0.25) is 9.59 Å². The molecule has 0 aliphatic rings. The fourth-order valence-electron chi connectivity index (χ4n) is 5.48. The minimum Gasteiger partial charge on any atom is -0.462 e. The summed E-state index contributed by atoms with van der Waals surface area (Å²) in [6.07, 6.45) is 35.3. The van der Waals surface area contributed by atoms with Gasteiger partial charge in [-0.25, -0.2) is 4.79 Å². The van der Waals surface area contributed by atoms with Crippen molar-refractivity contribution in [1.29, 1.82) is 0 Å². The van der Waals surface area contributed by atoms with E-state index in [9.17, 15) is 14.4 Å². The second-order valence-corrected chi connectivity index (χ2v) is 15.5. The van der Waals surface area contributed by atoms with Crippen molar-refractivity contribution in [3.8, 4) is 0 Å². The molecule has 0 heterocycles. The molecular weight excluding hydrogens is 671 g/mol. The number of rotatable bonds is 34. The van der Waals surface area contributed by atoms with Crippen LogP contribution in [-0.4, -0.2) is 41.0 Å². The fraction of sp³-hybridized carbons (Fsp3) is 0.872. The summed E-state index contributed by atoms with van der Waals surface area (Å²) in [5.41, 5.74) is 0. The van der Waals surface area contributed by atoms with Crippen LogP contribution in [0.25, 0.3) is 0 Å². The molecule has 1 atom stereocenters. The van der Waals surface area contributed by atoms with Gasteiger partial charge in [0.15, 0.2) is 6.10 Å². The second kappa shape index (κ2) is 34.5. The Morgan fingerprint density at radius 3 is 1.15 bits per heavy atom. The topological polar surface area (TPSA) is 78.9 Å². The summed E-state index contributed by atoms with van der Waals surface area (Å²) < 4.78 is 13.5. The molecule has 48 heavy (non-hydrogen) atoms. The highest BCUT2D eigenvalue weighted by Gasteiger charge is 2.35. The highest BCUT2D eigenvalue weighted by molar-refractivity contribution is 6.75. The molecule has 0 saturated carbocycles. The molecule has 0 unspecified atom stereocenters. The van der Waals surface area contributed by atoms with Crippen LogP contribution in [0.2, 0.25) is 0 Å². The number of esters is 3. The van der Waals surface area contributed by atoms with Crippen LogP contribution >= 0.6 is 34.8 Å². The van der Waals surface area contributed by atoms with E-state index in [-0.39, 0.29) is 26.1 Å². The summed E-state index contributed by atoms with van der Waals surface area (Å²) >= 11 is 16.9. The number of alkyl halides is 3. The summed E-state index contributed by atoms with van der Waals surface area (Å²) in [5.74, 6) is -1.91. The Labute approximate surface area is 309 Å². The zero-order valence-electron chi connectivity index (χ0n) is 30.5. The van der Waals surface area contributed by atoms with Crippen molar-refractivity contribution in [2.75, 3.05) is 13.2 Å². The first-order chi connectivity index (χ1) is 23.2. The molecule has 0 fully saturated rings. The number of hydrogen-bond acceptors (Lipinski definition) is 6. The molecule has 0 radical (unpaired) electrons. The number of ether oxygens (including phenoxy) is 3. The molecule has 0 aliphatic carbocycles. The number of carbonyl (C=O) groups is 3. The Kier molecular flexibility index (Phi) is 33.8. The molecule has 0 saturated heterocycles. The average molecular weight is 740 g/mol.